The highest BCUT2D eigenvalue weighted by Crippen LogP contribution is 2.28. The number of para-hydroxylation sites is 2. The van der Waals surface area contributed by atoms with Crippen LogP contribution in [-0.2, 0) is 6.54 Å². The number of nitrogens with one attached hydrogen (secondary N) is 1. The van der Waals surface area contributed by atoms with Gasteiger partial charge in [0, 0.05) is 11.9 Å². The number of pyridine rings is 1. The van der Waals surface area contributed by atoms with E-state index in [0.29, 0.717) is 17.1 Å². The Morgan fingerprint density at radius 1 is 1.17 bits per heavy atom. The fourth-order valence-corrected chi connectivity index (χ4v) is 3.49. The third kappa shape index (κ3) is 3.53. The SMILES string of the molecule is CCCCn1nc(NC(=O)c2ccccc2OC)c2cc3cccc(C)c3nc21. The topological polar surface area (TPSA) is 69.0 Å². The van der Waals surface area contributed by atoms with Gasteiger partial charge in [0.1, 0.15) is 5.75 Å². The molecule has 0 unspecified atom stereocenters. The van der Waals surface area contributed by atoms with Crippen LogP contribution in [0.15, 0.2) is 48.5 Å². The Labute approximate surface area is 169 Å². The molecule has 4 aromatic rings. The summed E-state index contributed by atoms with van der Waals surface area (Å²) >= 11 is 0. The second-order valence-electron chi connectivity index (χ2n) is 7.09. The van der Waals surface area contributed by atoms with Crippen molar-refractivity contribution < 1.29 is 9.53 Å². The minimum atomic E-state index is -0.256. The zero-order valence-corrected chi connectivity index (χ0v) is 16.9. The molecule has 0 aliphatic carbocycles. The van der Waals surface area contributed by atoms with Gasteiger partial charge in [-0.25, -0.2) is 9.67 Å². The van der Waals surface area contributed by atoms with E-state index in [-0.39, 0.29) is 5.91 Å². The van der Waals surface area contributed by atoms with Crippen LogP contribution in [0.25, 0.3) is 21.9 Å². The van der Waals surface area contributed by atoms with Gasteiger partial charge in [-0.1, -0.05) is 43.7 Å². The lowest BCUT2D eigenvalue weighted by Crippen LogP contribution is -2.14. The largest absolute Gasteiger partial charge is 0.496 e. The molecule has 0 atom stereocenters. The summed E-state index contributed by atoms with van der Waals surface area (Å²) in [4.78, 5) is 17.8. The number of carbonyl (C=O) groups excluding carboxylic acids is 1. The van der Waals surface area contributed by atoms with Gasteiger partial charge in [0.15, 0.2) is 11.5 Å². The first-order valence-electron chi connectivity index (χ1n) is 9.83. The summed E-state index contributed by atoms with van der Waals surface area (Å²) in [6.45, 7) is 4.95. The molecule has 0 saturated carbocycles. The van der Waals surface area contributed by atoms with Gasteiger partial charge in [-0.2, -0.15) is 5.10 Å². The van der Waals surface area contributed by atoms with Crippen LogP contribution in [-0.4, -0.2) is 27.8 Å². The smallest absolute Gasteiger partial charge is 0.260 e. The number of amides is 1. The number of unbranched alkanes of at least 4 members (excludes halogenated alkanes) is 1. The first-order valence-corrected chi connectivity index (χ1v) is 9.83. The number of benzene rings is 2. The Kier molecular flexibility index (Phi) is 5.16. The first kappa shape index (κ1) is 18.9. The molecule has 0 saturated heterocycles. The lowest BCUT2D eigenvalue weighted by atomic mass is 10.1. The van der Waals surface area contributed by atoms with Crippen molar-refractivity contribution in [2.45, 2.75) is 33.2 Å². The van der Waals surface area contributed by atoms with Crippen LogP contribution >= 0.6 is 0 Å². The predicted molar refractivity (Wildman–Crippen MR) is 116 cm³/mol. The Morgan fingerprint density at radius 3 is 2.79 bits per heavy atom. The van der Waals surface area contributed by atoms with Crippen LogP contribution < -0.4 is 10.1 Å². The fraction of sp³-hybridized carbons (Fsp3) is 0.261. The number of fused-ring (bicyclic) bond motifs is 2. The maximum Gasteiger partial charge on any atom is 0.260 e. The molecule has 0 aliphatic heterocycles. The molecule has 0 fully saturated rings. The average molecular weight is 388 g/mol. The summed E-state index contributed by atoms with van der Waals surface area (Å²) in [5, 5.41) is 9.51. The van der Waals surface area contributed by atoms with E-state index in [9.17, 15) is 4.79 Å². The van der Waals surface area contributed by atoms with Crippen molar-refractivity contribution in [2.75, 3.05) is 12.4 Å². The molecule has 29 heavy (non-hydrogen) atoms. The summed E-state index contributed by atoms with van der Waals surface area (Å²) in [7, 11) is 1.55. The molecular weight excluding hydrogens is 364 g/mol. The van der Waals surface area contributed by atoms with Gasteiger partial charge < -0.3 is 10.1 Å². The Balaban J connectivity index is 1.82. The maximum absolute atomic E-state index is 12.9. The minimum absolute atomic E-state index is 0.256. The molecule has 0 spiro atoms. The Bertz CT molecular complexity index is 1200. The van der Waals surface area contributed by atoms with E-state index < -0.39 is 0 Å². The molecule has 148 valence electrons. The van der Waals surface area contributed by atoms with Crippen LogP contribution in [0, 0.1) is 6.92 Å². The Hall–Kier alpha value is -3.41. The van der Waals surface area contributed by atoms with Gasteiger partial charge in [0.25, 0.3) is 5.91 Å². The number of aryl methyl sites for hydroxylation is 2. The number of hydrogen-bond acceptors (Lipinski definition) is 4. The zero-order chi connectivity index (χ0) is 20.4. The van der Waals surface area contributed by atoms with Gasteiger partial charge in [-0.15, -0.1) is 0 Å². The van der Waals surface area contributed by atoms with E-state index >= 15 is 0 Å². The minimum Gasteiger partial charge on any atom is -0.496 e. The summed E-state index contributed by atoms with van der Waals surface area (Å²) in [6.07, 6.45) is 2.04. The van der Waals surface area contributed by atoms with E-state index in [1.807, 2.05) is 28.9 Å². The summed E-state index contributed by atoms with van der Waals surface area (Å²) in [6, 6.07) is 15.3. The number of hydrogen-bond donors (Lipinski definition) is 1. The van der Waals surface area contributed by atoms with Crippen molar-refractivity contribution in [2.24, 2.45) is 0 Å². The fourth-order valence-electron chi connectivity index (χ4n) is 3.49. The summed E-state index contributed by atoms with van der Waals surface area (Å²) in [5.74, 6) is 0.788. The number of rotatable bonds is 6. The van der Waals surface area contributed by atoms with Crippen LogP contribution in [0.2, 0.25) is 0 Å². The highest BCUT2D eigenvalue weighted by Gasteiger charge is 2.18. The number of anilines is 1. The van der Waals surface area contributed by atoms with Crippen LogP contribution in [0.1, 0.15) is 35.7 Å². The molecule has 0 aliphatic rings. The standard InChI is InChI=1S/C23H24N4O2/c1-4-5-13-27-22-18(14-16-10-8-9-15(2)20(16)24-22)21(26-27)25-23(28)17-11-6-7-12-19(17)29-3/h6-12,14H,4-5,13H2,1-3H3,(H,25,26,28). The quantitative estimate of drug-likeness (QED) is 0.507. The lowest BCUT2D eigenvalue weighted by Gasteiger charge is -2.08. The van der Waals surface area contributed by atoms with E-state index in [1.54, 1.807) is 19.2 Å². The van der Waals surface area contributed by atoms with Crippen molar-refractivity contribution >= 4 is 33.7 Å². The Morgan fingerprint density at radius 2 is 2.00 bits per heavy atom. The molecule has 2 aromatic heterocycles. The second kappa shape index (κ2) is 7.91. The van der Waals surface area contributed by atoms with Crippen LogP contribution in [0.4, 0.5) is 5.82 Å². The monoisotopic (exact) mass is 388 g/mol. The third-order valence-corrected chi connectivity index (χ3v) is 5.05. The van der Waals surface area contributed by atoms with Crippen molar-refractivity contribution in [1.82, 2.24) is 14.8 Å². The first-order chi connectivity index (χ1) is 14.1. The summed E-state index contributed by atoms with van der Waals surface area (Å²) < 4.78 is 7.21. The molecule has 4 rings (SSSR count). The number of carbonyl (C=O) groups is 1. The van der Waals surface area contributed by atoms with Gasteiger partial charge >= 0.3 is 0 Å². The third-order valence-electron chi connectivity index (χ3n) is 5.05. The van der Waals surface area contributed by atoms with Gasteiger partial charge in [-0.05, 0) is 37.1 Å². The highest BCUT2D eigenvalue weighted by atomic mass is 16.5. The van der Waals surface area contributed by atoms with Gasteiger partial charge in [0.2, 0.25) is 0 Å². The van der Waals surface area contributed by atoms with E-state index in [2.05, 4.69) is 36.4 Å². The number of ether oxygens (including phenoxy) is 1. The highest BCUT2D eigenvalue weighted by molar-refractivity contribution is 6.10. The molecule has 1 N–H and O–H groups in total. The molecular formula is C23H24N4O2. The van der Waals surface area contributed by atoms with Crippen molar-refractivity contribution in [3.63, 3.8) is 0 Å². The van der Waals surface area contributed by atoms with Crippen molar-refractivity contribution in [1.29, 1.82) is 0 Å². The maximum atomic E-state index is 12.9. The van der Waals surface area contributed by atoms with Crippen LogP contribution in [0.3, 0.4) is 0 Å². The van der Waals surface area contributed by atoms with E-state index in [0.717, 1.165) is 46.9 Å². The molecule has 2 heterocycles. The number of aromatic nitrogens is 3. The molecule has 1 amide bonds. The summed E-state index contributed by atoms with van der Waals surface area (Å²) in [5.41, 5.74) is 3.33. The van der Waals surface area contributed by atoms with Crippen LogP contribution in [0.5, 0.6) is 5.75 Å². The number of nitrogens with zero attached hydrogens (tertiary/aromatic N) is 3. The molecule has 6 nitrogen and oxygen atoms in total. The molecule has 0 bridgehead atoms. The van der Waals surface area contributed by atoms with E-state index in [4.69, 9.17) is 9.72 Å². The molecule has 2 aromatic carbocycles. The van der Waals surface area contributed by atoms with Crippen molar-refractivity contribution in [3.8, 4) is 5.75 Å². The second-order valence-corrected chi connectivity index (χ2v) is 7.09. The van der Waals surface area contributed by atoms with Gasteiger partial charge in [0.05, 0.1) is 23.6 Å². The van der Waals surface area contributed by atoms with E-state index in [1.165, 1.54) is 0 Å². The lowest BCUT2D eigenvalue weighted by molar-refractivity contribution is 0.102. The molecule has 6 heteroatoms. The predicted octanol–water partition coefficient (Wildman–Crippen LogP) is 4.95. The zero-order valence-electron chi connectivity index (χ0n) is 16.9. The number of methoxy groups -OCH3 is 1. The normalized spacial score (nSPS) is 11.1. The van der Waals surface area contributed by atoms with Crippen molar-refractivity contribution in [3.05, 3.63) is 59.7 Å². The molecule has 0 radical (unpaired) electrons. The average Bonchev–Trinajstić information content (AvgIpc) is 3.07. The van der Waals surface area contributed by atoms with Gasteiger partial charge in [-0.3, -0.25) is 4.79 Å².